The lowest BCUT2D eigenvalue weighted by Crippen LogP contribution is -2.25. The fourth-order valence-corrected chi connectivity index (χ4v) is 11.1. The standard InChI is InChI=1S/C66H64N10O2/c1-65(2,3)45-31-51(71-41-69(7)63-39-67-29-27-61(63)71)37-55(33-45)77-53-17-13-15-49(35-53)75-43-73(57-19-9-11-21-59(57)75)47-23-25-48(26-24-47)74-44-76(60-22-12-10-20-58(60)74)50-16-14-18-54(36-50)78-56-34-46(66(4,5)6)32-52(38-56)72-42-70(8)64-40-68-30-28-62(64)72/h9-40H,41-44H2,1-8H3/i7D3. The van der Waals surface area contributed by atoms with Gasteiger partial charge in [-0.3, -0.25) is 9.97 Å². The Labute approximate surface area is 462 Å². The largest absolute Gasteiger partial charge is 0.457 e. The smallest absolute Gasteiger partial charge is 0.129 e. The number of pyridine rings is 2. The van der Waals surface area contributed by atoms with Crippen LogP contribution in [0.25, 0.3) is 0 Å². The Morgan fingerprint density at radius 3 is 1.15 bits per heavy atom. The monoisotopic (exact) mass is 1030 g/mol. The molecule has 6 heterocycles. The number of fused-ring (bicyclic) bond motifs is 4. The molecule has 0 saturated heterocycles. The molecule has 12 nitrogen and oxygen atoms in total. The molecule has 0 atom stereocenters. The molecule has 12 heteroatoms. The summed E-state index contributed by atoms with van der Waals surface area (Å²) in [5.74, 6) is 2.91. The second-order valence-corrected chi connectivity index (χ2v) is 22.6. The van der Waals surface area contributed by atoms with Gasteiger partial charge in [0.25, 0.3) is 0 Å². The molecule has 390 valence electrons. The fourth-order valence-electron chi connectivity index (χ4n) is 11.1. The van der Waals surface area contributed by atoms with Gasteiger partial charge in [-0.05, 0) is 131 Å². The van der Waals surface area contributed by atoms with Crippen molar-refractivity contribution in [2.24, 2.45) is 0 Å². The highest BCUT2D eigenvalue weighted by Gasteiger charge is 2.33. The summed E-state index contributed by atoms with van der Waals surface area (Å²) < 4.78 is 38.4. The molecule has 0 amide bonds. The first-order valence-electron chi connectivity index (χ1n) is 28.1. The van der Waals surface area contributed by atoms with Crippen molar-refractivity contribution in [1.82, 2.24) is 9.97 Å². The Kier molecular flexibility index (Phi) is 10.9. The Bertz CT molecular complexity index is 3860. The number of hydrogen-bond donors (Lipinski definition) is 0. The van der Waals surface area contributed by atoms with Crippen molar-refractivity contribution < 1.29 is 13.6 Å². The molecule has 0 spiro atoms. The number of rotatable bonds is 10. The first kappa shape index (κ1) is 45.1. The van der Waals surface area contributed by atoms with Crippen LogP contribution in [0.3, 0.4) is 0 Å². The van der Waals surface area contributed by atoms with Gasteiger partial charge in [-0.15, -0.1) is 0 Å². The van der Waals surface area contributed by atoms with E-state index in [9.17, 15) is 0 Å². The minimum Gasteiger partial charge on any atom is -0.457 e. The molecule has 0 N–H and O–H groups in total. The van der Waals surface area contributed by atoms with Gasteiger partial charge in [0.1, 0.15) is 36.3 Å². The lowest BCUT2D eigenvalue weighted by Gasteiger charge is -2.26. The first-order chi connectivity index (χ1) is 38.9. The summed E-state index contributed by atoms with van der Waals surface area (Å²) in [6.07, 6.45) is 7.11. The van der Waals surface area contributed by atoms with Gasteiger partial charge in [0.05, 0.1) is 71.2 Å². The van der Waals surface area contributed by atoms with Gasteiger partial charge in [0, 0.05) is 88.9 Å². The van der Waals surface area contributed by atoms with Crippen LogP contribution in [0.4, 0.5) is 79.6 Å². The van der Waals surface area contributed by atoms with Crippen LogP contribution in [0.1, 0.15) is 56.8 Å². The highest BCUT2D eigenvalue weighted by atomic mass is 16.5. The summed E-state index contributed by atoms with van der Waals surface area (Å²) in [5.41, 5.74) is 16.1. The van der Waals surface area contributed by atoms with Crippen molar-refractivity contribution in [3.8, 4) is 23.0 Å². The molecule has 0 aliphatic carbocycles. The van der Waals surface area contributed by atoms with Gasteiger partial charge in [-0.25, -0.2) is 0 Å². The second kappa shape index (κ2) is 18.8. The summed E-state index contributed by atoms with van der Waals surface area (Å²) in [5, 5.41) is 0. The zero-order valence-corrected chi connectivity index (χ0v) is 45.1. The zero-order chi connectivity index (χ0) is 56.0. The van der Waals surface area contributed by atoms with E-state index >= 15 is 0 Å². The maximum Gasteiger partial charge on any atom is 0.129 e. The maximum atomic E-state index is 8.28. The van der Waals surface area contributed by atoms with Crippen molar-refractivity contribution in [2.75, 3.05) is 79.9 Å². The van der Waals surface area contributed by atoms with Crippen LogP contribution in [0.5, 0.6) is 23.0 Å². The predicted octanol–water partition coefficient (Wildman–Crippen LogP) is 16.2. The summed E-state index contributed by atoms with van der Waals surface area (Å²) in [6.45, 7) is 13.0. The van der Waals surface area contributed by atoms with Crippen LogP contribution >= 0.6 is 0 Å². The maximum absolute atomic E-state index is 8.28. The normalized spacial score (nSPS) is 15.5. The number of hydrogen-bond acceptors (Lipinski definition) is 12. The highest BCUT2D eigenvalue weighted by Crippen LogP contribution is 2.49. The molecule has 4 aliphatic heterocycles. The van der Waals surface area contributed by atoms with Crippen LogP contribution in [-0.2, 0) is 10.8 Å². The van der Waals surface area contributed by atoms with Gasteiger partial charge in [-0.2, -0.15) is 0 Å². The van der Waals surface area contributed by atoms with E-state index in [1.807, 2.05) is 47.6 Å². The van der Waals surface area contributed by atoms with E-state index in [1.54, 1.807) is 12.4 Å². The Hall–Kier alpha value is -9.16. The van der Waals surface area contributed by atoms with Gasteiger partial charge < -0.3 is 48.7 Å². The van der Waals surface area contributed by atoms with E-state index in [2.05, 4.69) is 227 Å². The average Bonchev–Trinajstić information content (AvgIpc) is 4.42. The quantitative estimate of drug-likeness (QED) is 0.131. The highest BCUT2D eigenvalue weighted by molar-refractivity contribution is 5.90. The summed E-state index contributed by atoms with van der Waals surface area (Å²) in [4.78, 5) is 26.0. The van der Waals surface area contributed by atoms with Gasteiger partial charge in [-0.1, -0.05) is 77.9 Å². The molecular weight excluding hydrogens is 965 g/mol. The SMILES string of the molecule is [2H]C([2H])([2H])N1CN(c2cc(Oc3cccc(N4CN(c5ccc(N6CN(c7cccc(Oc8cc(N9CN(C)c%10cnccc%109)cc(C(C)(C)C)c8)c7)c7ccccc76)cc5)c5ccccc54)c3)cc(C(C)(C)C)c2)c2ccncc21. The molecule has 13 rings (SSSR count). The minimum atomic E-state index is -2.33. The molecule has 0 unspecified atom stereocenters. The number of aromatic nitrogens is 2. The number of ether oxygens (including phenoxy) is 2. The van der Waals surface area contributed by atoms with E-state index in [0.717, 1.165) is 97.7 Å². The first-order valence-corrected chi connectivity index (χ1v) is 26.6. The van der Waals surface area contributed by atoms with Crippen LogP contribution < -0.4 is 48.7 Å². The van der Waals surface area contributed by atoms with Crippen molar-refractivity contribution in [3.63, 3.8) is 0 Å². The van der Waals surface area contributed by atoms with Gasteiger partial charge in [0.2, 0.25) is 0 Å². The summed E-state index contributed by atoms with van der Waals surface area (Å²) >= 11 is 0. The lowest BCUT2D eigenvalue weighted by atomic mass is 9.86. The molecule has 78 heavy (non-hydrogen) atoms. The van der Waals surface area contributed by atoms with Crippen LogP contribution in [0.15, 0.2) is 195 Å². The molecule has 0 saturated carbocycles. The van der Waals surface area contributed by atoms with Crippen molar-refractivity contribution in [2.45, 2.75) is 52.4 Å². The average molecular weight is 1030 g/mol. The van der Waals surface area contributed by atoms with E-state index in [-0.39, 0.29) is 17.5 Å². The Morgan fingerprint density at radius 2 is 0.731 bits per heavy atom. The summed E-state index contributed by atoms with van der Waals surface area (Å²) in [6, 6.07) is 59.4. The third-order valence-electron chi connectivity index (χ3n) is 15.3. The van der Waals surface area contributed by atoms with Gasteiger partial charge in [0.15, 0.2) is 0 Å². The fraction of sp³-hybridized carbons (Fsp3) is 0.212. The lowest BCUT2D eigenvalue weighted by molar-refractivity contribution is 0.478. The topological polar surface area (TPSA) is 70.2 Å². The Morgan fingerprint density at radius 1 is 0.359 bits per heavy atom. The van der Waals surface area contributed by atoms with Crippen molar-refractivity contribution >= 4 is 79.6 Å². The minimum absolute atomic E-state index is 0.0979. The van der Waals surface area contributed by atoms with Crippen LogP contribution in [0.2, 0.25) is 0 Å². The van der Waals surface area contributed by atoms with Crippen molar-refractivity contribution in [3.05, 3.63) is 206 Å². The number of nitrogens with zero attached hydrogens (tertiary/aromatic N) is 10. The summed E-state index contributed by atoms with van der Waals surface area (Å²) in [7, 11) is 2.10. The number of anilines is 14. The zero-order valence-electron chi connectivity index (χ0n) is 48.1. The Balaban J connectivity index is 0.737. The van der Waals surface area contributed by atoms with E-state index < -0.39 is 6.98 Å². The van der Waals surface area contributed by atoms with Gasteiger partial charge >= 0.3 is 0 Å². The van der Waals surface area contributed by atoms with E-state index in [0.29, 0.717) is 30.5 Å². The molecule has 0 radical (unpaired) electrons. The van der Waals surface area contributed by atoms with Crippen molar-refractivity contribution in [1.29, 1.82) is 0 Å². The number of benzene rings is 7. The number of para-hydroxylation sites is 4. The molecule has 9 aromatic rings. The molecule has 7 aromatic carbocycles. The molecular formula is C66H64N10O2. The van der Waals surface area contributed by atoms with E-state index in [4.69, 9.17) is 13.6 Å². The molecule has 0 bridgehead atoms. The van der Waals surface area contributed by atoms with Crippen LogP contribution in [-0.4, -0.2) is 50.7 Å². The molecule has 0 fully saturated rings. The van der Waals surface area contributed by atoms with E-state index in [1.165, 1.54) is 10.5 Å². The molecule has 2 aromatic heterocycles. The molecule has 4 aliphatic rings. The van der Waals surface area contributed by atoms with Crippen LogP contribution in [0, 0.1) is 0 Å². The third-order valence-corrected chi connectivity index (χ3v) is 15.3. The third kappa shape index (κ3) is 8.86. The second-order valence-electron chi connectivity index (χ2n) is 22.6. The predicted molar refractivity (Wildman–Crippen MR) is 320 cm³/mol.